The number of hydrogen-bond donors (Lipinski definition) is 2. The monoisotopic (exact) mass is 190 g/mol. The zero-order valence-electron chi connectivity index (χ0n) is 7.82. The lowest BCUT2D eigenvalue weighted by Crippen LogP contribution is -2.16. The Balaban J connectivity index is 3.01. The fraction of sp³-hybridized carbons (Fsp3) is 0.778. The predicted molar refractivity (Wildman–Crippen MR) is 49.5 cm³/mol. The number of aliphatic hydroxyl groups excluding tert-OH is 2. The average Bonchev–Trinajstić information content (AvgIpc) is 2.11. The van der Waals surface area contributed by atoms with Crippen molar-refractivity contribution >= 4 is 0 Å². The summed E-state index contributed by atoms with van der Waals surface area (Å²) in [4.78, 5) is 0. The molecule has 0 spiro atoms. The van der Waals surface area contributed by atoms with Gasteiger partial charge in [0.05, 0.1) is 39.1 Å². The minimum atomic E-state index is -0.477. The van der Waals surface area contributed by atoms with Crippen molar-refractivity contribution in [1.82, 2.24) is 0 Å². The Morgan fingerprint density at radius 1 is 1.23 bits per heavy atom. The Morgan fingerprint density at radius 2 is 1.92 bits per heavy atom. The van der Waals surface area contributed by atoms with Gasteiger partial charge in [-0.15, -0.1) is 6.58 Å². The Labute approximate surface area is 78.8 Å². The zero-order chi connectivity index (χ0) is 9.94. The van der Waals surface area contributed by atoms with E-state index in [0.29, 0.717) is 32.8 Å². The third-order valence-electron chi connectivity index (χ3n) is 1.36. The van der Waals surface area contributed by atoms with Gasteiger partial charge in [-0.25, -0.2) is 0 Å². The molecule has 1 unspecified atom stereocenters. The molecule has 0 saturated carbocycles. The fourth-order valence-corrected chi connectivity index (χ4v) is 0.764. The molecule has 0 amide bonds. The van der Waals surface area contributed by atoms with Crippen molar-refractivity contribution in [2.24, 2.45) is 0 Å². The highest BCUT2D eigenvalue weighted by molar-refractivity contribution is 4.71. The van der Waals surface area contributed by atoms with E-state index in [1.54, 1.807) is 6.08 Å². The van der Waals surface area contributed by atoms with Crippen LogP contribution in [0.3, 0.4) is 0 Å². The summed E-state index contributed by atoms with van der Waals surface area (Å²) in [6.45, 7) is 5.04. The van der Waals surface area contributed by atoms with Gasteiger partial charge < -0.3 is 19.7 Å². The lowest BCUT2D eigenvalue weighted by molar-refractivity contribution is -0.000995. The summed E-state index contributed by atoms with van der Waals surface area (Å²) in [5.74, 6) is 0. The van der Waals surface area contributed by atoms with Crippen LogP contribution in [0.2, 0.25) is 0 Å². The SMILES string of the molecule is C=CCC(O)COCCOCCO. The number of aliphatic hydroxyl groups is 2. The van der Waals surface area contributed by atoms with Gasteiger partial charge in [0.15, 0.2) is 0 Å². The van der Waals surface area contributed by atoms with Gasteiger partial charge in [0.25, 0.3) is 0 Å². The van der Waals surface area contributed by atoms with Crippen LogP contribution in [0.1, 0.15) is 6.42 Å². The highest BCUT2D eigenvalue weighted by Crippen LogP contribution is 1.92. The van der Waals surface area contributed by atoms with Gasteiger partial charge in [-0.2, -0.15) is 0 Å². The highest BCUT2D eigenvalue weighted by Gasteiger charge is 2.00. The van der Waals surface area contributed by atoms with E-state index >= 15 is 0 Å². The van der Waals surface area contributed by atoms with E-state index in [9.17, 15) is 5.11 Å². The normalized spacial score (nSPS) is 12.8. The van der Waals surface area contributed by atoms with E-state index < -0.39 is 6.10 Å². The van der Waals surface area contributed by atoms with Gasteiger partial charge in [-0.3, -0.25) is 0 Å². The summed E-state index contributed by atoms with van der Waals surface area (Å²) in [5.41, 5.74) is 0. The molecule has 2 N–H and O–H groups in total. The van der Waals surface area contributed by atoms with Gasteiger partial charge in [0.2, 0.25) is 0 Å². The van der Waals surface area contributed by atoms with E-state index in [2.05, 4.69) is 6.58 Å². The van der Waals surface area contributed by atoms with Crippen LogP contribution in [0.4, 0.5) is 0 Å². The first kappa shape index (κ1) is 12.6. The second kappa shape index (κ2) is 9.67. The Bertz CT molecular complexity index is 116. The average molecular weight is 190 g/mol. The maximum atomic E-state index is 9.17. The molecular formula is C9H18O4. The Kier molecular flexibility index (Phi) is 9.35. The number of hydrogen-bond acceptors (Lipinski definition) is 4. The zero-order valence-corrected chi connectivity index (χ0v) is 7.82. The van der Waals surface area contributed by atoms with Crippen LogP contribution in [0, 0.1) is 0 Å². The van der Waals surface area contributed by atoms with Crippen LogP contribution < -0.4 is 0 Å². The van der Waals surface area contributed by atoms with Gasteiger partial charge in [0, 0.05) is 0 Å². The topological polar surface area (TPSA) is 58.9 Å². The van der Waals surface area contributed by atoms with Crippen molar-refractivity contribution in [2.45, 2.75) is 12.5 Å². The molecule has 78 valence electrons. The van der Waals surface area contributed by atoms with E-state index in [4.69, 9.17) is 14.6 Å². The highest BCUT2D eigenvalue weighted by atomic mass is 16.5. The summed E-state index contributed by atoms with van der Waals surface area (Å²) in [6, 6.07) is 0. The van der Waals surface area contributed by atoms with Crippen molar-refractivity contribution in [3.8, 4) is 0 Å². The predicted octanol–water partition coefficient (Wildman–Crippen LogP) is -0.0511. The van der Waals surface area contributed by atoms with E-state index in [0.717, 1.165) is 0 Å². The molecule has 13 heavy (non-hydrogen) atoms. The molecule has 0 radical (unpaired) electrons. The second-order valence-corrected chi connectivity index (χ2v) is 2.59. The van der Waals surface area contributed by atoms with Crippen molar-refractivity contribution in [3.05, 3.63) is 12.7 Å². The minimum absolute atomic E-state index is 0.0269. The molecular weight excluding hydrogens is 172 g/mol. The fourth-order valence-electron chi connectivity index (χ4n) is 0.764. The molecule has 0 fully saturated rings. The largest absolute Gasteiger partial charge is 0.394 e. The summed E-state index contributed by atoms with van der Waals surface area (Å²) in [5, 5.41) is 17.5. The second-order valence-electron chi connectivity index (χ2n) is 2.59. The molecule has 4 nitrogen and oxygen atoms in total. The molecule has 0 heterocycles. The van der Waals surface area contributed by atoms with Crippen molar-refractivity contribution < 1.29 is 19.7 Å². The molecule has 4 heteroatoms. The Morgan fingerprint density at radius 3 is 2.54 bits per heavy atom. The minimum Gasteiger partial charge on any atom is -0.394 e. The first-order chi connectivity index (χ1) is 6.31. The standard InChI is InChI=1S/C9H18O4/c1-2-3-9(11)8-13-7-6-12-5-4-10/h2,9-11H,1,3-8H2. The van der Waals surface area contributed by atoms with Gasteiger partial charge in [0.1, 0.15) is 0 Å². The van der Waals surface area contributed by atoms with Crippen LogP contribution in [-0.2, 0) is 9.47 Å². The lowest BCUT2D eigenvalue weighted by atomic mass is 10.3. The number of rotatable bonds is 9. The van der Waals surface area contributed by atoms with Crippen LogP contribution >= 0.6 is 0 Å². The summed E-state index contributed by atoms with van der Waals surface area (Å²) >= 11 is 0. The third-order valence-corrected chi connectivity index (χ3v) is 1.36. The molecule has 0 saturated heterocycles. The molecule has 0 aromatic heterocycles. The van der Waals surface area contributed by atoms with E-state index in [-0.39, 0.29) is 6.61 Å². The molecule has 0 rings (SSSR count). The first-order valence-corrected chi connectivity index (χ1v) is 4.36. The van der Waals surface area contributed by atoms with Gasteiger partial charge >= 0.3 is 0 Å². The summed E-state index contributed by atoms with van der Waals surface area (Å²) in [7, 11) is 0. The van der Waals surface area contributed by atoms with Crippen LogP contribution in [0.25, 0.3) is 0 Å². The van der Waals surface area contributed by atoms with Crippen LogP contribution in [0.5, 0.6) is 0 Å². The van der Waals surface area contributed by atoms with E-state index in [1.165, 1.54) is 0 Å². The maximum Gasteiger partial charge on any atom is 0.0807 e. The van der Waals surface area contributed by atoms with Crippen LogP contribution in [0.15, 0.2) is 12.7 Å². The quantitative estimate of drug-likeness (QED) is 0.395. The smallest absolute Gasteiger partial charge is 0.0807 e. The summed E-state index contributed by atoms with van der Waals surface area (Å²) in [6.07, 6.45) is 1.71. The van der Waals surface area contributed by atoms with Crippen LogP contribution in [-0.4, -0.2) is 49.4 Å². The number of ether oxygens (including phenoxy) is 2. The first-order valence-electron chi connectivity index (χ1n) is 4.36. The molecule has 0 aliphatic rings. The Hall–Kier alpha value is -0.420. The molecule has 0 aromatic rings. The molecule has 1 atom stereocenters. The molecule has 0 aromatic carbocycles. The van der Waals surface area contributed by atoms with Gasteiger partial charge in [-0.05, 0) is 6.42 Å². The molecule has 0 aliphatic heterocycles. The van der Waals surface area contributed by atoms with Crippen molar-refractivity contribution in [1.29, 1.82) is 0 Å². The third kappa shape index (κ3) is 9.49. The lowest BCUT2D eigenvalue weighted by Gasteiger charge is -2.08. The van der Waals surface area contributed by atoms with Gasteiger partial charge in [-0.1, -0.05) is 6.08 Å². The molecule has 0 aliphatic carbocycles. The van der Waals surface area contributed by atoms with Crippen molar-refractivity contribution in [2.75, 3.05) is 33.0 Å². The molecule has 0 bridgehead atoms. The maximum absolute atomic E-state index is 9.17. The van der Waals surface area contributed by atoms with E-state index in [1.807, 2.05) is 0 Å². The summed E-state index contributed by atoms with van der Waals surface area (Å²) < 4.78 is 10.0. The van der Waals surface area contributed by atoms with Crippen molar-refractivity contribution in [3.63, 3.8) is 0 Å².